The van der Waals surface area contributed by atoms with Gasteiger partial charge >= 0.3 is 5.97 Å². The van der Waals surface area contributed by atoms with Gasteiger partial charge in [0.15, 0.2) is 0 Å². The second-order valence-electron chi connectivity index (χ2n) is 4.53. The van der Waals surface area contributed by atoms with Crippen LogP contribution in [0, 0.1) is 0 Å². The minimum Gasteiger partial charge on any atom is -0.480 e. The van der Waals surface area contributed by atoms with Crippen molar-refractivity contribution in [2.75, 3.05) is 19.4 Å². The second kappa shape index (κ2) is 5.27. The van der Waals surface area contributed by atoms with Gasteiger partial charge in [0.05, 0.1) is 6.10 Å². The first kappa shape index (κ1) is 13.4. The molecule has 1 amide bonds. The highest BCUT2D eigenvalue weighted by atomic mass is 16.5. The average Bonchev–Trinajstić information content (AvgIpc) is 2.82. The van der Waals surface area contributed by atoms with E-state index < -0.39 is 12.0 Å². The summed E-state index contributed by atoms with van der Waals surface area (Å²) in [7, 11) is 1.51. The van der Waals surface area contributed by atoms with Crippen LogP contribution < -0.4 is 5.73 Å². The molecule has 102 valence electrons. The van der Waals surface area contributed by atoms with Crippen LogP contribution in [0.3, 0.4) is 0 Å². The summed E-state index contributed by atoms with van der Waals surface area (Å²) < 4.78 is 5.15. The first-order chi connectivity index (χ1) is 9.02. The van der Waals surface area contributed by atoms with Crippen LogP contribution in [0.25, 0.3) is 0 Å². The molecule has 1 aliphatic heterocycles. The zero-order valence-electron chi connectivity index (χ0n) is 10.6. The lowest BCUT2D eigenvalue weighted by Gasteiger charge is -2.21. The maximum absolute atomic E-state index is 12.3. The number of benzene rings is 1. The van der Waals surface area contributed by atoms with Gasteiger partial charge in [0.2, 0.25) is 0 Å². The third-order valence-electron chi connectivity index (χ3n) is 3.28. The number of nitrogens with zero attached hydrogens (tertiary/aromatic N) is 1. The maximum Gasteiger partial charge on any atom is 0.326 e. The van der Waals surface area contributed by atoms with Gasteiger partial charge in [-0.3, -0.25) is 4.79 Å². The van der Waals surface area contributed by atoms with E-state index >= 15 is 0 Å². The summed E-state index contributed by atoms with van der Waals surface area (Å²) in [5.41, 5.74) is 6.50. The van der Waals surface area contributed by atoms with E-state index in [1.54, 1.807) is 24.3 Å². The van der Waals surface area contributed by atoms with Gasteiger partial charge < -0.3 is 20.5 Å². The van der Waals surface area contributed by atoms with E-state index in [1.165, 1.54) is 12.0 Å². The molecule has 6 nitrogen and oxygen atoms in total. The molecule has 0 aliphatic carbocycles. The van der Waals surface area contributed by atoms with E-state index in [0.29, 0.717) is 17.7 Å². The zero-order valence-corrected chi connectivity index (χ0v) is 10.6. The SMILES string of the molecule is COC1CC(C(=O)O)N(C(=O)c2cccc(N)c2)C1. The fourth-order valence-corrected chi connectivity index (χ4v) is 2.26. The van der Waals surface area contributed by atoms with Gasteiger partial charge in [0.1, 0.15) is 6.04 Å². The highest BCUT2D eigenvalue weighted by Crippen LogP contribution is 2.23. The van der Waals surface area contributed by atoms with Crippen LogP contribution in [0.4, 0.5) is 5.69 Å². The number of ether oxygens (including phenoxy) is 1. The number of carboxylic acid groups (broad SMARTS) is 1. The molecule has 1 heterocycles. The molecular weight excluding hydrogens is 248 g/mol. The van der Waals surface area contributed by atoms with Gasteiger partial charge in [-0.05, 0) is 18.2 Å². The summed E-state index contributed by atoms with van der Waals surface area (Å²) in [5, 5.41) is 9.17. The van der Waals surface area contributed by atoms with Crippen molar-refractivity contribution in [1.29, 1.82) is 0 Å². The average molecular weight is 264 g/mol. The molecule has 1 fully saturated rings. The van der Waals surface area contributed by atoms with Crippen molar-refractivity contribution in [3.63, 3.8) is 0 Å². The molecular formula is C13H16N2O4. The van der Waals surface area contributed by atoms with Crippen molar-refractivity contribution in [3.8, 4) is 0 Å². The number of hydrogen-bond donors (Lipinski definition) is 2. The number of carbonyl (C=O) groups excluding carboxylic acids is 1. The lowest BCUT2D eigenvalue weighted by atomic mass is 10.1. The number of amides is 1. The van der Waals surface area contributed by atoms with E-state index in [-0.39, 0.29) is 18.6 Å². The van der Waals surface area contributed by atoms with Crippen molar-refractivity contribution in [2.24, 2.45) is 0 Å². The minimum absolute atomic E-state index is 0.244. The Bertz CT molecular complexity index is 503. The molecule has 1 aliphatic rings. The fraction of sp³-hybridized carbons (Fsp3) is 0.385. The Morgan fingerprint density at radius 2 is 2.21 bits per heavy atom. The quantitative estimate of drug-likeness (QED) is 0.779. The highest BCUT2D eigenvalue weighted by Gasteiger charge is 2.40. The highest BCUT2D eigenvalue weighted by molar-refractivity contribution is 5.97. The molecule has 1 aromatic carbocycles. The Morgan fingerprint density at radius 1 is 1.47 bits per heavy atom. The van der Waals surface area contributed by atoms with E-state index in [0.717, 1.165) is 0 Å². The summed E-state index contributed by atoms with van der Waals surface area (Å²) in [4.78, 5) is 24.9. The number of methoxy groups -OCH3 is 1. The number of aliphatic carboxylic acids is 1. The van der Waals surface area contributed by atoms with Crippen LogP contribution in [-0.2, 0) is 9.53 Å². The largest absolute Gasteiger partial charge is 0.480 e. The molecule has 2 rings (SSSR count). The number of hydrogen-bond acceptors (Lipinski definition) is 4. The third-order valence-corrected chi connectivity index (χ3v) is 3.28. The fourth-order valence-electron chi connectivity index (χ4n) is 2.26. The summed E-state index contributed by atoms with van der Waals surface area (Å²) in [6.45, 7) is 0.279. The maximum atomic E-state index is 12.3. The Hall–Kier alpha value is -2.08. The summed E-state index contributed by atoms with van der Waals surface area (Å²) in [6, 6.07) is 5.66. The predicted molar refractivity (Wildman–Crippen MR) is 68.7 cm³/mol. The van der Waals surface area contributed by atoms with Crippen LogP contribution >= 0.6 is 0 Å². The molecule has 2 unspecified atom stereocenters. The van der Waals surface area contributed by atoms with Gasteiger partial charge in [-0.25, -0.2) is 4.79 Å². The number of nitrogen functional groups attached to an aromatic ring is 1. The molecule has 6 heteroatoms. The summed E-state index contributed by atoms with van der Waals surface area (Å²) in [5.74, 6) is -1.35. The Labute approximate surface area is 110 Å². The molecule has 0 radical (unpaired) electrons. The molecule has 0 aromatic heterocycles. The molecule has 3 N–H and O–H groups in total. The Kier molecular flexibility index (Phi) is 3.71. The molecule has 2 atom stereocenters. The van der Waals surface area contributed by atoms with Gasteiger partial charge in [-0.15, -0.1) is 0 Å². The van der Waals surface area contributed by atoms with Gasteiger partial charge in [0, 0.05) is 31.3 Å². The number of rotatable bonds is 3. The first-order valence-electron chi connectivity index (χ1n) is 5.95. The minimum atomic E-state index is -1.02. The van der Waals surface area contributed by atoms with Gasteiger partial charge in [-0.2, -0.15) is 0 Å². The van der Waals surface area contributed by atoms with Crippen LogP contribution in [0.2, 0.25) is 0 Å². The summed E-state index contributed by atoms with van der Waals surface area (Å²) >= 11 is 0. The lowest BCUT2D eigenvalue weighted by molar-refractivity contribution is -0.141. The van der Waals surface area contributed by atoms with Gasteiger partial charge in [-0.1, -0.05) is 6.07 Å². The zero-order chi connectivity index (χ0) is 14.0. The van der Waals surface area contributed by atoms with Crippen molar-refractivity contribution >= 4 is 17.6 Å². The van der Waals surface area contributed by atoms with Crippen molar-refractivity contribution in [2.45, 2.75) is 18.6 Å². The predicted octanol–water partition coefficient (Wildman–Crippen LogP) is 0.583. The van der Waals surface area contributed by atoms with Crippen LogP contribution in [0.5, 0.6) is 0 Å². The van der Waals surface area contributed by atoms with Crippen LogP contribution in [0.15, 0.2) is 24.3 Å². The molecule has 0 saturated carbocycles. The number of nitrogens with two attached hydrogens (primary N) is 1. The van der Waals surface area contributed by atoms with Crippen molar-refractivity contribution < 1.29 is 19.4 Å². The number of carbonyl (C=O) groups is 2. The number of anilines is 1. The molecule has 0 bridgehead atoms. The van der Waals surface area contributed by atoms with E-state index in [9.17, 15) is 14.7 Å². The smallest absolute Gasteiger partial charge is 0.326 e. The van der Waals surface area contributed by atoms with Crippen LogP contribution in [-0.4, -0.2) is 47.7 Å². The summed E-state index contributed by atoms with van der Waals surface area (Å²) in [6.07, 6.45) is 0.0611. The number of carboxylic acids is 1. The lowest BCUT2D eigenvalue weighted by Crippen LogP contribution is -2.40. The van der Waals surface area contributed by atoms with E-state index in [4.69, 9.17) is 10.5 Å². The molecule has 19 heavy (non-hydrogen) atoms. The molecule has 1 saturated heterocycles. The van der Waals surface area contributed by atoms with E-state index in [2.05, 4.69) is 0 Å². The standard InChI is InChI=1S/C13H16N2O4/c1-19-10-6-11(13(17)18)15(7-10)12(16)8-3-2-4-9(14)5-8/h2-5,10-11H,6-7,14H2,1H3,(H,17,18). The molecule has 1 aromatic rings. The first-order valence-corrected chi connectivity index (χ1v) is 5.95. The van der Waals surface area contributed by atoms with E-state index in [1.807, 2.05) is 0 Å². The molecule has 0 spiro atoms. The van der Waals surface area contributed by atoms with Crippen molar-refractivity contribution in [1.82, 2.24) is 4.90 Å². The monoisotopic (exact) mass is 264 g/mol. The third kappa shape index (κ3) is 2.68. The van der Waals surface area contributed by atoms with Crippen LogP contribution in [0.1, 0.15) is 16.8 Å². The Balaban J connectivity index is 2.24. The second-order valence-corrected chi connectivity index (χ2v) is 4.53. The topological polar surface area (TPSA) is 92.9 Å². The Morgan fingerprint density at radius 3 is 2.79 bits per heavy atom. The van der Waals surface area contributed by atoms with Crippen molar-refractivity contribution in [3.05, 3.63) is 29.8 Å². The number of likely N-dealkylation sites (tertiary alicyclic amines) is 1. The normalized spacial score (nSPS) is 22.5. The van der Waals surface area contributed by atoms with Gasteiger partial charge in [0.25, 0.3) is 5.91 Å².